The Labute approximate surface area is 152 Å². The van der Waals surface area contributed by atoms with Crippen molar-refractivity contribution in [3.63, 3.8) is 0 Å². The third-order valence-corrected chi connectivity index (χ3v) is 6.48. The van der Waals surface area contributed by atoms with E-state index in [1.807, 2.05) is 0 Å². The van der Waals surface area contributed by atoms with E-state index in [-0.39, 0.29) is 36.2 Å². The van der Waals surface area contributed by atoms with Gasteiger partial charge in [0.05, 0.1) is 41.6 Å². The van der Waals surface area contributed by atoms with Crippen molar-refractivity contribution in [2.45, 2.75) is 9.79 Å². The van der Waals surface area contributed by atoms with Crippen LogP contribution >= 0.6 is 0 Å². The van der Waals surface area contributed by atoms with Crippen LogP contribution in [-0.2, 0) is 33.3 Å². The molecule has 1 aliphatic rings. The maximum atomic E-state index is 12.2. The van der Waals surface area contributed by atoms with Crippen LogP contribution in [0.3, 0.4) is 0 Å². The summed E-state index contributed by atoms with van der Waals surface area (Å²) in [6.45, 7) is -0.147. The Morgan fingerprint density at radius 1 is 0.731 bits per heavy atom. The number of hydrogen-bond acceptors (Lipinski definition) is 7. The lowest BCUT2D eigenvalue weighted by atomic mass is 9.88. The fraction of sp³-hybridized carbons (Fsp3) is 0.294. The molecule has 0 aliphatic carbocycles. The highest BCUT2D eigenvalue weighted by molar-refractivity contribution is 7.87. The molecular formula is C17H18O7S2. The van der Waals surface area contributed by atoms with Crippen LogP contribution in [0.5, 0.6) is 0 Å². The Bertz CT molecular complexity index is 860. The predicted octanol–water partition coefficient (Wildman–Crippen LogP) is 1.81. The van der Waals surface area contributed by atoms with Gasteiger partial charge in [-0.1, -0.05) is 36.4 Å². The highest BCUT2D eigenvalue weighted by atomic mass is 32.2. The first-order valence-electron chi connectivity index (χ1n) is 7.80. The van der Waals surface area contributed by atoms with Gasteiger partial charge in [0.25, 0.3) is 20.2 Å². The van der Waals surface area contributed by atoms with Gasteiger partial charge in [-0.15, -0.1) is 0 Å². The molecule has 1 aliphatic heterocycles. The molecular weight excluding hydrogens is 380 g/mol. The molecule has 1 fully saturated rings. The highest BCUT2D eigenvalue weighted by Gasteiger charge is 2.42. The van der Waals surface area contributed by atoms with Crippen LogP contribution in [-0.4, -0.2) is 43.3 Å². The van der Waals surface area contributed by atoms with Gasteiger partial charge in [0.1, 0.15) is 0 Å². The van der Waals surface area contributed by atoms with Crippen LogP contribution in [0.1, 0.15) is 0 Å². The zero-order chi connectivity index (χ0) is 18.7. The van der Waals surface area contributed by atoms with Crippen molar-refractivity contribution < 1.29 is 29.9 Å². The molecule has 0 saturated carbocycles. The lowest BCUT2D eigenvalue weighted by molar-refractivity contribution is -0.147. The van der Waals surface area contributed by atoms with Crippen LogP contribution in [0.4, 0.5) is 0 Å². The van der Waals surface area contributed by atoms with Gasteiger partial charge in [0, 0.05) is 0 Å². The molecule has 0 unspecified atom stereocenters. The number of ether oxygens (including phenoxy) is 1. The minimum absolute atomic E-state index is 0.0354. The third-order valence-electron chi connectivity index (χ3n) is 3.92. The molecule has 0 amide bonds. The van der Waals surface area contributed by atoms with E-state index in [4.69, 9.17) is 13.1 Å². The van der Waals surface area contributed by atoms with Gasteiger partial charge >= 0.3 is 0 Å². The first kappa shape index (κ1) is 19.0. The maximum Gasteiger partial charge on any atom is 0.296 e. The Hall–Kier alpha value is -1.78. The van der Waals surface area contributed by atoms with Crippen molar-refractivity contribution in [2.24, 2.45) is 5.41 Å². The summed E-state index contributed by atoms with van der Waals surface area (Å²) in [4.78, 5) is 0.0708. The Kier molecular flexibility index (Phi) is 5.44. The fourth-order valence-electron chi connectivity index (χ4n) is 2.31. The average molecular weight is 398 g/mol. The first-order chi connectivity index (χ1) is 12.3. The van der Waals surface area contributed by atoms with Crippen LogP contribution in [0.2, 0.25) is 0 Å². The second kappa shape index (κ2) is 7.45. The quantitative estimate of drug-likeness (QED) is 0.626. The largest absolute Gasteiger partial charge is 0.380 e. The lowest BCUT2D eigenvalue weighted by Crippen LogP contribution is -2.50. The van der Waals surface area contributed by atoms with Crippen molar-refractivity contribution >= 4 is 20.2 Å². The molecule has 1 heterocycles. The fourth-order valence-corrected chi connectivity index (χ4v) is 4.38. The van der Waals surface area contributed by atoms with Crippen molar-refractivity contribution in [3.05, 3.63) is 60.7 Å². The molecule has 0 N–H and O–H groups in total. The van der Waals surface area contributed by atoms with E-state index >= 15 is 0 Å². The zero-order valence-corrected chi connectivity index (χ0v) is 15.4. The summed E-state index contributed by atoms with van der Waals surface area (Å²) < 4.78 is 64.2. The van der Waals surface area contributed by atoms with Gasteiger partial charge < -0.3 is 4.74 Å². The SMILES string of the molecule is O=S(=O)(OCC1(COS(=O)(=O)c2ccccc2)COC1)c1ccccc1. The van der Waals surface area contributed by atoms with Crippen LogP contribution in [0.15, 0.2) is 70.5 Å². The van der Waals surface area contributed by atoms with E-state index in [0.29, 0.717) is 0 Å². The van der Waals surface area contributed by atoms with E-state index in [0.717, 1.165) is 0 Å². The Morgan fingerprint density at radius 2 is 1.12 bits per heavy atom. The van der Waals surface area contributed by atoms with Gasteiger partial charge in [0.15, 0.2) is 0 Å². The molecule has 26 heavy (non-hydrogen) atoms. The van der Waals surface area contributed by atoms with E-state index in [1.54, 1.807) is 36.4 Å². The van der Waals surface area contributed by atoms with Gasteiger partial charge in [0.2, 0.25) is 0 Å². The molecule has 0 bridgehead atoms. The van der Waals surface area contributed by atoms with Crippen molar-refractivity contribution in [1.82, 2.24) is 0 Å². The van der Waals surface area contributed by atoms with Gasteiger partial charge in [-0.25, -0.2) is 0 Å². The van der Waals surface area contributed by atoms with Crippen LogP contribution in [0.25, 0.3) is 0 Å². The molecule has 0 atom stereocenters. The van der Waals surface area contributed by atoms with Gasteiger partial charge in [-0.3, -0.25) is 8.37 Å². The first-order valence-corrected chi connectivity index (χ1v) is 10.6. The highest BCUT2D eigenvalue weighted by Crippen LogP contribution is 2.31. The average Bonchev–Trinajstić information content (AvgIpc) is 2.62. The van der Waals surface area contributed by atoms with E-state index in [9.17, 15) is 16.8 Å². The molecule has 9 heteroatoms. The molecule has 7 nitrogen and oxygen atoms in total. The smallest absolute Gasteiger partial charge is 0.296 e. The summed E-state index contributed by atoms with van der Waals surface area (Å²) in [5.41, 5.74) is -0.830. The van der Waals surface area contributed by atoms with Crippen LogP contribution < -0.4 is 0 Å². The predicted molar refractivity (Wildman–Crippen MR) is 92.4 cm³/mol. The topological polar surface area (TPSA) is 96.0 Å². The van der Waals surface area contributed by atoms with Crippen LogP contribution in [0, 0.1) is 5.41 Å². The third kappa shape index (κ3) is 4.30. The van der Waals surface area contributed by atoms with Crippen molar-refractivity contribution in [2.75, 3.05) is 26.4 Å². The lowest BCUT2D eigenvalue weighted by Gasteiger charge is -2.39. The summed E-state index contributed by atoms with van der Waals surface area (Å²) in [6, 6.07) is 15.5. The van der Waals surface area contributed by atoms with Crippen molar-refractivity contribution in [3.8, 4) is 0 Å². The summed E-state index contributed by atoms with van der Waals surface area (Å²) in [5.74, 6) is 0. The van der Waals surface area contributed by atoms with Gasteiger partial charge in [-0.2, -0.15) is 16.8 Å². The zero-order valence-electron chi connectivity index (χ0n) is 13.8. The second-order valence-electron chi connectivity index (χ2n) is 6.05. The molecule has 0 spiro atoms. The van der Waals surface area contributed by atoms with E-state index < -0.39 is 25.7 Å². The summed E-state index contributed by atoms with van der Waals surface area (Å²) >= 11 is 0. The molecule has 140 valence electrons. The summed E-state index contributed by atoms with van der Waals surface area (Å²) in [7, 11) is -7.87. The number of benzene rings is 2. The molecule has 2 aromatic rings. The van der Waals surface area contributed by atoms with E-state index in [2.05, 4.69) is 0 Å². The monoisotopic (exact) mass is 398 g/mol. The van der Waals surface area contributed by atoms with Crippen molar-refractivity contribution in [1.29, 1.82) is 0 Å². The summed E-state index contributed by atoms with van der Waals surface area (Å²) in [5, 5.41) is 0. The molecule has 0 aromatic heterocycles. The maximum absolute atomic E-state index is 12.2. The molecule has 3 rings (SSSR count). The standard InChI is InChI=1S/C17H18O7S2/c18-25(19,15-7-3-1-4-8-15)23-13-17(11-22-12-17)14-24-26(20,21)16-9-5-2-6-10-16/h1-10H,11-14H2. The molecule has 0 radical (unpaired) electrons. The second-order valence-corrected chi connectivity index (χ2v) is 9.28. The minimum Gasteiger partial charge on any atom is -0.380 e. The van der Waals surface area contributed by atoms with E-state index in [1.165, 1.54) is 24.3 Å². The normalized spacial score (nSPS) is 16.8. The number of hydrogen-bond donors (Lipinski definition) is 0. The molecule has 1 saturated heterocycles. The molecule has 2 aromatic carbocycles. The number of rotatable bonds is 8. The summed E-state index contributed by atoms with van der Waals surface area (Å²) in [6.07, 6.45) is 0. The van der Waals surface area contributed by atoms with Gasteiger partial charge in [-0.05, 0) is 24.3 Å². The Morgan fingerprint density at radius 3 is 1.42 bits per heavy atom. The minimum atomic E-state index is -3.94. The Balaban J connectivity index is 1.65.